The van der Waals surface area contributed by atoms with Gasteiger partial charge in [-0.25, -0.2) is 0 Å². The van der Waals surface area contributed by atoms with Gasteiger partial charge >= 0.3 is 0 Å². The number of aliphatic hydroxyl groups is 5. The summed E-state index contributed by atoms with van der Waals surface area (Å²) in [5.74, 6) is -0.0550. The van der Waals surface area contributed by atoms with Crippen molar-refractivity contribution in [1.82, 2.24) is 10.2 Å². The average Bonchev–Trinajstić information content (AvgIpc) is 2.85. The zero-order valence-electron chi connectivity index (χ0n) is 22.6. The Morgan fingerprint density at radius 1 is 0.842 bits per heavy atom. The number of carbonyl (C=O) groups is 2. The first-order valence-corrected chi connectivity index (χ1v) is 13.4. The predicted octanol–water partition coefficient (Wildman–Crippen LogP) is -1.73. The summed E-state index contributed by atoms with van der Waals surface area (Å²) in [6.07, 6.45) is -5.99. The smallest absolute Gasteiger partial charge is 0.234 e. The first kappa shape index (κ1) is 32.9. The lowest BCUT2D eigenvalue weighted by Gasteiger charge is -2.39. The molecule has 6 N–H and O–H groups in total. The van der Waals surface area contributed by atoms with E-state index in [0.717, 1.165) is 19.3 Å². The van der Waals surface area contributed by atoms with Crippen LogP contribution in [0.15, 0.2) is 0 Å². The molecule has 9 atom stereocenters. The van der Waals surface area contributed by atoms with Gasteiger partial charge in [-0.15, -0.1) is 0 Å². The average molecular weight is 551 g/mol. The van der Waals surface area contributed by atoms with Gasteiger partial charge in [-0.05, 0) is 33.6 Å². The van der Waals surface area contributed by atoms with Gasteiger partial charge in [0.05, 0.1) is 38.1 Å². The Morgan fingerprint density at radius 2 is 1.47 bits per heavy atom. The molecule has 0 aliphatic carbocycles. The van der Waals surface area contributed by atoms with Crippen LogP contribution in [0.4, 0.5) is 0 Å². The molecule has 2 aliphatic rings. The fraction of sp³-hybridized carbons (Fsp3) is 0.920. The molecule has 0 radical (unpaired) electrons. The quantitative estimate of drug-likeness (QED) is 0.119. The van der Waals surface area contributed by atoms with Gasteiger partial charge in [-0.2, -0.15) is 0 Å². The van der Waals surface area contributed by atoms with Crippen LogP contribution in [0, 0.1) is 0 Å². The minimum atomic E-state index is -1.42. The predicted molar refractivity (Wildman–Crippen MR) is 134 cm³/mol. The SMILES string of the molecule is CC(=O)CCCCCNC(=O)CN(CCO[C@@H]1O[C@@H](C)[C@@H](O)[C@@H](O)[C@@H]1O)CCO[C@@H]1O[C@@H](C)[C@@H](O)C[C@@H]1O. The minimum absolute atomic E-state index is 0.0369. The molecule has 0 aromatic heterocycles. The largest absolute Gasteiger partial charge is 0.390 e. The van der Waals surface area contributed by atoms with Crippen LogP contribution in [0.25, 0.3) is 0 Å². The van der Waals surface area contributed by atoms with Crippen molar-refractivity contribution >= 4 is 11.7 Å². The van der Waals surface area contributed by atoms with Gasteiger partial charge in [0, 0.05) is 32.5 Å². The van der Waals surface area contributed by atoms with Crippen LogP contribution in [0.5, 0.6) is 0 Å². The third-order valence-corrected chi connectivity index (χ3v) is 6.77. The molecular formula is C25H46N2O11. The molecule has 2 fully saturated rings. The Kier molecular flexibility index (Phi) is 14.5. The van der Waals surface area contributed by atoms with Crippen LogP contribution in [-0.2, 0) is 28.5 Å². The Morgan fingerprint density at radius 3 is 2.13 bits per heavy atom. The number of Topliss-reactive ketones (excluding diaryl/α,β-unsaturated/α-hetero) is 1. The standard InChI is InChI=1S/C25H46N2O11/c1-15(28)7-5-4-6-8-26-20(31)14-27(9-11-35-24-19(30)13-18(29)16(2)37-24)10-12-36-25-23(34)22(33)21(32)17(3)38-25/h16-19,21-25,29-30,32-34H,4-14H2,1-3H3,(H,26,31)/t16-,17-,18-,19-,21+,22+,23-,24+,25+/m0/s1. The first-order valence-electron chi connectivity index (χ1n) is 13.4. The molecule has 0 saturated carbocycles. The molecule has 13 heteroatoms. The highest BCUT2D eigenvalue weighted by Gasteiger charge is 2.42. The summed E-state index contributed by atoms with van der Waals surface area (Å²) < 4.78 is 22.2. The number of ketones is 1. The number of hydrogen-bond donors (Lipinski definition) is 6. The lowest BCUT2D eigenvalue weighted by Crippen LogP contribution is -2.57. The number of amides is 1. The van der Waals surface area contributed by atoms with Crippen LogP contribution in [-0.4, -0.2) is 137 Å². The van der Waals surface area contributed by atoms with E-state index < -0.39 is 55.3 Å². The number of rotatable bonds is 16. The van der Waals surface area contributed by atoms with Crippen molar-refractivity contribution in [2.75, 3.05) is 39.4 Å². The number of aliphatic hydroxyl groups excluding tert-OH is 5. The molecule has 0 spiro atoms. The topological polar surface area (TPSA) is 187 Å². The first-order chi connectivity index (χ1) is 18.0. The Balaban J connectivity index is 1.82. The van der Waals surface area contributed by atoms with Gasteiger partial charge < -0.3 is 54.6 Å². The van der Waals surface area contributed by atoms with E-state index in [1.807, 2.05) is 0 Å². The molecule has 1 amide bonds. The zero-order chi connectivity index (χ0) is 28.2. The van der Waals surface area contributed by atoms with E-state index in [2.05, 4.69) is 5.32 Å². The van der Waals surface area contributed by atoms with E-state index in [1.54, 1.807) is 25.7 Å². The van der Waals surface area contributed by atoms with Gasteiger partial charge in [-0.3, -0.25) is 9.69 Å². The molecule has 0 aromatic carbocycles. The monoisotopic (exact) mass is 550 g/mol. The van der Waals surface area contributed by atoms with Crippen molar-refractivity contribution < 1.29 is 54.1 Å². The van der Waals surface area contributed by atoms with E-state index in [4.69, 9.17) is 18.9 Å². The molecule has 0 aromatic rings. The maximum absolute atomic E-state index is 12.5. The summed E-state index contributed by atoms with van der Waals surface area (Å²) in [5.41, 5.74) is 0. The van der Waals surface area contributed by atoms with Crippen LogP contribution < -0.4 is 5.32 Å². The van der Waals surface area contributed by atoms with Crippen molar-refractivity contribution in [3.05, 3.63) is 0 Å². The molecule has 13 nitrogen and oxygen atoms in total. The summed E-state index contributed by atoms with van der Waals surface area (Å²) in [4.78, 5) is 25.3. The Hall–Kier alpha value is -1.26. The highest BCUT2D eigenvalue weighted by Crippen LogP contribution is 2.22. The second-order valence-electron chi connectivity index (χ2n) is 10.1. The molecule has 2 saturated heterocycles. The van der Waals surface area contributed by atoms with Gasteiger partial charge in [0.25, 0.3) is 0 Å². The highest BCUT2D eigenvalue weighted by molar-refractivity contribution is 5.78. The minimum Gasteiger partial charge on any atom is -0.390 e. The van der Waals surface area contributed by atoms with Gasteiger partial charge in [0.2, 0.25) is 5.91 Å². The molecule has 0 bridgehead atoms. The molecule has 2 aliphatic heterocycles. The molecule has 2 rings (SSSR count). The molecular weight excluding hydrogens is 504 g/mol. The van der Waals surface area contributed by atoms with E-state index in [-0.39, 0.29) is 44.4 Å². The van der Waals surface area contributed by atoms with Crippen LogP contribution in [0.3, 0.4) is 0 Å². The molecule has 222 valence electrons. The second kappa shape index (κ2) is 16.8. The van der Waals surface area contributed by atoms with E-state index >= 15 is 0 Å². The molecule has 38 heavy (non-hydrogen) atoms. The van der Waals surface area contributed by atoms with Crippen molar-refractivity contribution in [3.8, 4) is 0 Å². The third kappa shape index (κ3) is 11.1. The maximum Gasteiger partial charge on any atom is 0.234 e. The van der Waals surface area contributed by atoms with Gasteiger partial charge in [0.1, 0.15) is 30.2 Å². The van der Waals surface area contributed by atoms with Crippen LogP contribution in [0.2, 0.25) is 0 Å². The van der Waals surface area contributed by atoms with Crippen molar-refractivity contribution in [2.24, 2.45) is 0 Å². The number of ether oxygens (including phenoxy) is 4. The van der Waals surface area contributed by atoms with E-state index in [0.29, 0.717) is 19.5 Å². The lowest BCUT2D eigenvalue weighted by atomic mass is 10.0. The third-order valence-electron chi connectivity index (χ3n) is 6.77. The fourth-order valence-corrected chi connectivity index (χ4v) is 4.27. The Bertz CT molecular complexity index is 715. The van der Waals surface area contributed by atoms with Crippen LogP contribution in [0.1, 0.15) is 52.9 Å². The Labute approximate surface area is 224 Å². The van der Waals surface area contributed by atoms with Crippen LogP contribution >= 0.6 is 0 Å². The normalized spacial score (nSPS) is 33.9. The molecule has 0 unspecified atom stereocenters. The lowest BCUT2D eigenvalue weighted by molar-refractivity contribution is -0.293. The van der Waals surface area contributed by atoms with Gasteiger partial charge in [0.15, 0.2) is 12.6 Å². The van der Waals surface area contributed by atoms with Crippen molar-refractivity contribution in [2.45, 2.75) is 108 Å². The number of unbranched alkanes of at least 4 members (excludes halogenated alkanes) is 2. The summed E-state index contributed by atoms with van der Waals surface area (Å²) in [6, 6.07) is 0. The van der Waals surface area contributed by atoms with Crippen molar-refractivity contribution in [1.29, 1.82) is 0 Å². The summed E-state index contributed by atoms with van der Waals surface area (Å²) in [5, 5.41) is 52.7. The number of hydrogen-bond acceptors (Lipinski definition) is 12. The summed E-state index contributed by atoms with van der Waals surface area (Å²) in [6.45, 7) is 6.08. The maximum atomic E-state index is 12.5. The second-order valence-corrected chi connectivity index (χ2v) is 10.1. The highest BCUT2D eigenvalue weighted by atomic mass is 16.7. The van der Waals surface area contributed by atoms with Gasteiger partial charge in [-0.1, -0.05) is 6.42 Å². The summed E-state index contributed by atoms with van der Waals surface area (Å²) >= 11 is 0. The van der Waals surface area contributed by atoms with E-state index in [9.17, 15) is 35.1 Å². The molecule has 2 heterocycles. The zero-order valence-corrected chi connectivity index (χ0v) is 22.6. The number of carbonyl (C=O) groups excluding carboxylic acids is 2. The fourth-order valence-electron chi connectivity index (χ4n) is 4.27. The number of nitrogens with one attached hydrogen (secondary N) is 1. The van der Waals surface area contributed by atoms with E-state index in [1.165, 1.54) is 0 Å². The number of nitrogens with zero attached hydrogens (tertiary/aromatic N) is 1. The van der Waals surface area contributed by atoms with Crippen molar-refractivity contribution in [3.63, 3.8) is 0 Å². The summed E-state index contributed by atoms with van der Waals surface area (Å²) in [7, 11) is 0.